The van der Waals surface area contributed by atoms with Crippen LogP contribution in [0.2, 0.25) is 0 Å². The van der Waals surface area contributed by atoms with Crippen LogP contribution in [0.4, 0.5) is 0 Å². The molecule has 0 radical (unpaired) electrons. The highest BCUT2D eigenvalue weighted by molar-refractivity contribution is 5.94. The summed E-state index contributed by atoms with van der Waals surface area (Å²) in [5.74, 6) is 0.197. The number of ether oxygens (including phenoxy) is 1. The van der Waals surface area contributed by atoms with Crippen LogP contribution in [0.5, 0.6) is 6.01 Å². The third-order valence-electron chi connectivity index (χ3n) is 2.73. The molecule has 6 heteroatoms. The fourth-order valence-electron chi connectivity index (χ4n) is 1.80. The Labute approximate surface area is 114 Å². The zero-order valence-electron chi connectivity index (χ0n) is 10.7. The van der Waals surface area contributed by atoms with Crippen LogP contribution >= 0.6 is 0 Å². The van der Waals surface area contributed by atoms with Crippen molar-refractivity contribution in [3.05, 3.63) is 54.5 Å². The SMILES string of the molecule is COc1nc(-c2ccccc2)n(C(=O)c2ccco2)n1. The van der Waals surface area contributed by atoms with Crippen molar-refractivity contribution >= 4 is 5.91 Å². The summed E-state index contributed by atoms with van der Waals surface area (Å²) < 4.78 is 11.3. The predicted molar refractivity (Wildman–Crippen MR) is 70.4 cm³/mol. The summed E-state index contributed by atoms with van der Waals surface area (Å²) in [5.41, 5.74) is 0.767. The lowest BCUT2D eigenvalue weighted by Crippen LogP contribution is -2.14. The summed E-state index contributed by atoms with van der Waals surface area (Å²) in [5, 5.41) is 4.03. The minimum absolute atomic E-state index is 0.128. The second kappa shape index (κ2) is 5.00. The number of carbonyl (C=O) groups excluding carboxylic acids is 1. The van der Waals surface area contributed by atoms with Crippen molar-refractivity contribution in [1.29, 1.82) is 0 Å². The van der Waals surface area contributed by atoms with E-state index in [-0.39, 0.29) is 11.8 Å². The first-order valence-electron chi connectivity index (χ1n) is 5.94. The molecule has 0 amide bonds. The summed E-state index contributed by atoms with van der Waals surface area (Å²) in [6.07, 6.45) is 1.43. The van der Waals surface area contributed by atoms with Gasteiger partial charge >= 0.3 is 11.9 Å². The molecule has 0 spiro atoms. The van der Waals surface area contributed by atoms with Gasteiger partial charge in [0.1, 0.15) is 0 Å². The molecule has 2 heterocycles. The van der Waals surface area contributed by atoms with Gasteiger partial charge in [0.2, 0.25) is 0 Å². The Hall–Kier alpha value is -2.89. The maximum Gasteiger partial charge on any atom is 0.336 e. The van der Waals surface area contributed by atoms with Gasteiger partial charge in [-0.3, -0.25) is 4.79 Å². The van der Waals surface area contributed by atoms with Gasteiger partial charge < -0.3 is 9.15 Å². The highest BCUT2D eigenvalue weighted by Crippen LogP contribution is 2.20. The van der Waals surface area contributed by atoms with Crippen LogP contribution in [-0.2, 0) is 0 Å². The van der Waals surface area contributed by atoms with Crippen molar-refractivity contribution in [3.63, 3.8) is 0 Å². The smallest absolute Gasteiger partial charge is 0.336 e. The van der Waals surface area contributed by atoms with E-state index in [0.717, 1.165) is 5.56 Å². The molecule has 0 fully saturated rings. The van der Waals surface area contributed by atoms with Gasteiger partial charge in [-0.1, -0.05) is 30.3 Å². The molecule has 100 valence electrons. The molecule has 3 aromatic rings. The summed E-state index contributed by atoms with van der Waals surface area (Å²) in [6, 6.07) is 12.6. The third kappa shape index (κ3) is 2.07. The molecular weight excluding hydrogens is 258 g/mol. The van der Waals surface area contributed by atoms with Gasteiger partial charge in [-0.2, -0.15) is 9.67 Å². The van der Waals surface area contributed by atoms with Crippen molar-refractivity contribution in [3.8, 4) is 17.4 Å². The lowest BCUT2D eigenvalue weighted by atomic mass is 10.2. The summed E-state index contributed by atoms with van der Waals surface area (Å²) in [6.45, 7) is 0. The Morgan fingerprint density at radius 2 is 2.00 bits per heavy atom. The van der Waals surface area contributed by atoms with Gasteiger partial charge in [0.25, 0.3) is 0 Å². The summed E-state index contributed by atoms with van der Waals surface area (Å²) in [4.78, 5) is 16.5. The van der Waals surface area contributed by atoms with E-state index in [1.54, 1.807) is 12.1 Å². The Morgan fingerprint density at radius 1 is 1.20 bits per heavy atom. The number of benzene rings is 1. The highest BCUT2D eigenvalue weighted by atomic mass is 16.5. The normalized spacial score (nSPS) is 10.4. The lowest BCUT2D eigenvalue weighted by molar-refractivity contribution is 0.0917. The van der Waals surface area contributed by atoms with Crippen LogP contribution < -0.4 is 4.74 Å². The van der Waals surface area contributed by atoms with Gasteiger partial charge in [0.15, 0.2) is 11.6 Å². The number of rotatable bonds is 3. The fraction of sp³-hybridized carbons (Fsp3) is 0.0714. The molecule has 3 rings (SSSR count). The minimum atomic E-state index is -0.398. The van der Waals surface area contributed by atoms with Crippen LogP contribution in [0.3, 0.4) is 0 Å². The molecule has 0 aliphatic heterocycles. The Kier molecular flexibility index (Phi) is 3.04. The molecule has 0 saturated heterocycles. The maximum absolute atomic E-state index is 12.3. The quantitative estimate of drug-likeness (QED) is 0.729. The average Bonchev–Trinajstić information content (AvgIpc) is 3.17. The molecule has 0 saturated carbocycles. The summed E-state index contributed by atoms with van der Waals surface area (Å²) in [7, 11) is 1.45. The van der Waals surface area contributed by atoms with Crippen LogP contribution in [0.1, 0.15) is 10.6 Å². The van der Waals surface area contributed by atoms with E-state index in [0.29, 0.717) is 5.82 Å². The number of hydrogen-bond acceptors (Lipinski definition) is 5. The zero-order valence-corrected chi connectivity index (χ0v) is 10.7. The van der Waals surface area contributed by atoms with Gasteiger partial charge in [-0.15, -0.1) is 5.10 Å². The molecular formula is C14H11N3O3. The first-order chi connectivity index (χ1) is 9.79. The number of methoxy groups -OCH3 is 1. The molecule has 2 aromatic heterocycles. The molecule has 6 nitrogen and oxygen atoms in total. The zero-order chi connectivity index (χ0) is 13.9. The van der Waals surface area contributed by atoms with E-state index < -0.39 is 5.91 Å². The Balaban J connectivity index is 2.11. The first kappa shape index (κ1) is 12.2. The highest BCUT2D eigenvalue weighted by Gasteiger charge is 2.21. The van der Waals surface area contributed by atoms with E-state index in [2.05, 4.69) is 10.1 Å². The topological polar surface area (TPSA) is 70.2 Å². The largest absolute Gasteiger partial charge is 0.466 e. The van der Waals surface area contributed by atoms with E-state index in [1.807, 2.05) is 30.3 Å². The van der Waals surface area contributed by atoms with E-state index in [1.165, 1.54) is 18.1 Å². The van der Waals surface area contributed by atoms with Crippen molar-refractivity contribution in [2.45, 2.75) is 0 Å². The van der Waals surface area contributed by atoms with Gasteiger partial charge in [-0.25, -0.2) is 0 Å². The average molecular weight is 269 g/mol. The molecule has 1 aromatic carbocycles. The molecule has 0 aliphatic carbocycles. The second-order valence-electron chi connectivity index (χ2n) is 3.98. The number of aromatic nitrogens is 3. The van der Waals surface area contributed by atoms with E-state index >= 15 is 0 Å². The standard InChI is InChI=1S/C14H11N3O3/c1-19-14-15-12(10-6-3-2-4-7-10)17(16-14)13(18)11-8-5-9-20-11/h2-9H,1H3. The minimum Gasteiger partial charge on any atom is -0.466 e. The van der Waals surface area contributed by atoms with Crippen LogP contribution in [0.15, 0.2) is 53.1 Å². The first-order valence-corrected chi connectivity index (χ1v) is 5.94. The van der Waals surface area contributed by atoms with Crippen LogP contribution in [0, 0.1) is 0 Å². The third-order valence-corrected chi connectivity index (χ3v) is 2.73. The number of hydrogen-bond donors (Lipinski definition) is 0. The van der Waals surface area contributed by atoms with Crippen molar-refractivity contribution in [2.75, 3.05) is 7.11 Å². The van der Waals surface area contributed by atoms with Crippen molar-refractivity contribution in [1.82, 2.24) is 14.8 Å². The van der Waals surface area contributed by atoms with E-state index in [9.17, 15) is 4.79 Å². The molecule has 0 aliphatic rings. The molecule has 20 heavy (non-hydrogen) atoms. The Bertz CT molecular complexity index is 717. The second-order valence-corrected chi connectivity index (χ2v) is 3.98. The van der Waals surface area contributed by atoms with Gasteiger partial charge in [0, 0.05) is 5.56 Å². The number of furan rings is 1. The molecule has 0 atom stereocenters. The van der Waals surface area contributed by atoms with Crippen LogP contribution in [-0.4, -0.2) is 27.8 Å². The number of carbonyl (C=O) groups is 1. The molecule has 0 bridgehead atoms. The molecule has 0 unspecified atom stereocenters. The van der Waals surface area contributed by atoms with E-state index in [4.69, 9.17) is 9.15 Å². The van der Waals surface area contributed by atoms with Gasteiger partial charge in [-0.05, 0) is 12.1 Å². The fourth-order valence-corrected chi connectivity index (χ4v) is 1.80. The molecule has 0 N–H and O–H groups in total. The maximum atomic E-state index is 12.3. The monoisotopic (exact) mass is 269 g/mol. The van der Waals surface area contributed by atoms with Crippen LogP contribution in [0.25, 0.3) is 11.4 Å². The van der Waals surface area contributed by atoms with Crippen molar-refractivity contribution < 1.29 is 13.9 Å². The van der Waals surface area contributed by atoms with Gasteiger partial charge in [0.05, 0.1) is 13.4 Å². The Morgan fingerprint density at radius 3 is 2.65 bits per heavy atom. The number of nitrogens with zero attached hydrogens (tertiary/aromatic N) is 3. The summed E-state index contributed by atoms with van der Waals surface area (Å²) >= 11 is 0. The van der Waals surface area contributed by atoms with Crippen molar-refractivity contribution in [2.24, 2.45) is 0 Å². The lowest BCUT2D eigenvalue weighted by Gasteiger charge is -2.01. The predicted octanol–water partition coefficient (Wildman–Crippen LogP) is 2.24.